The SMILES string of the molecule is CCC(CC)(CN)NS(=O)(=O)c1ccc2c(c1)C(=O)N(C)C2=O.Cl. The molecule has 0 radical (unpaired) electrons. The lowest BCUT2D eigenvalue weighted by Gasteiger charge is -2.31. The number of nitrogens with two attached hydrogens (primary N) is 1. The Morgan fingerprint density at radius 2 is 1.67 bits per heavy atom. The van der Waals surface area contributed by atoms with Gasteiger partial charge in [0.25, 0.3) is 11.8 Å². The molecule has 9 heteroatoms. The number of carbonyl (C=O) groups is 2. The molecule has 1 aromatic rings. The van der Waals surface area contributed by atoms with E-state index in [2.05, 4.69) is 4.72 Å². The van der Waals surface area contributed by atoms with Crippen molar-refractivity contribution in [2.24, 2.45) is 5.73 Å². The first-order chi connectivity index (χ1) is 10.7. The van der Waals surface area contributed by atoms with Crippen molar-refractivity contribution in [2.45, 2.75) is 37.1 Å². The van der Waals surface area contributed by atoms with Crippen molar-refractivity contribution in [3.05, 3.63) is 29.3 Å². The van der Waals surface area contributed by atoms with Crippen LogP contribution in [0.1, 0.15) is 47.4 Å². The normalized spacial score (nSPS) is 14.6. The summed E-state index contributed by atoms with van der Waals surface area (Å²) in [5, 5.41) is 0. The van der Waals surface area contributed by atoms with E-state index in [1.54, 1.807) is 0 Å². The van der Waals surface area contributed by atoms with Crippen molar-refractivity contribution < 1.29 is 18.0 Å². The number of amides is 2. The minimum Gasteiger partial charge on any atom is -0.329 e. The summed E-state index contributed by atoms with van der Waals surface area (Å²) in [6.45, 7) is 3.89. The van der Waals surface area contributed by atoms with Crippen LogP contribution >= 0.6 is 12.4 Å². The molecule has 0 unspecified atom stereocenters. The van der Waals surface area contributed by atoms with Crippen LogP contribution in [0, 0.1) is 0 Å². The maximum atomic E-state index is 12.6. The second kappa shape index (κ2) is 7.18. The molecular formula is C15H22ClN3O4S. The number of sulfonamides is 1. The van der Waals surface area contributed by atoms with Gasteiger partial charge >= 0.3 is 0 Å². The fourth-order valence-corrected chi connectivity index (χ4v) is 4.16. The zero-order chi connectivity index (χ0) is 17.4. The van der Waals surface area contributed by atoms with Crippen LogP contribution in [0.5, 0.6) is 0 Å². The summed E-state index contributed by atoms with van der Waals surface area (Å²) in [6, 6.07) is 3.95. The highest BCUT2D eigenvalue weighted by Gasteiger charge is 2.35. The number of imide groups is 1. The van der Waals surface area contributed by atoms with Gasteiger partial charge in [-0.05, 0) is 31.0 Å². The van der Waals surface area contributed by atoms with Gasteiger partial charge in [-0.25, -0.2) is 13.1 Å². The summed E-state index contributed by atoms with van der Waals surface area (Å²) in [5.74, 6) is -0.932. The number of nitrogens with one attached hydrogen (secondary N) is 1. The summed E-state index contributed by atoms with van der Waals surface area (Å²) in [4.78, 5) is 24.8. The van der Waals surface area contributed by atoms with Crippen LogP contribution in [0.15, 0.2) is 23.1 Å². The van der Waals surface area contributed by atoms with Gasteiger partial charge in [0.1, 0.15) is 0 Å². The van der Waals surface area contributed by atoms with Gasteiger partial charge in [-0.15, -0.1) is 12.4 Å². The van der Waals surface area contributed by atoms with Gasteiger partial charge in [0.15, 0.2) is 0 Å². The Labute approximate surface area is 148 Å². The molecule has 2 amide bonds. The highest BCUT2D eigenvalue weighted by atomic mass is 35.5. The van der Waals surface area contributed by atoms with E-state index in [-0.39, 0.29) is 35.0 Å². The Morgan fingerprint density at radius 1 is 1.12 bits per heavy atom. The van der Waals surface area contributed by atoms with Crippen LogP contribution in [0.3, 0.4) is 0 Å². The predicted molar refractivity (Wildman–Crippen MR) is 92.8 cm³/mol. The van der Waals surface area contributed by atoms with E-state index in [1.165, 1.54) is 25.2 Å². The first-order valence-corrected chi connectivity index (χ1v) is 8.90. The van der Waals surface area contributed by atoms with Crippen LogP contribution in [-0.4, -0.2) is 44.3 Å². The Balaban J connectivity index is 0.00000288. The van der Waals surface area contributed by atoms with Crippen molar-refractivity contribution >= 4 is 34.2 Å². The number of nitrogens with zero attached hydrogens (tertiary/aromatic N) is 1. The van der Waals surface area contributed by atoms with Crippen molar-refractivity contribution in [1.29, 1.82) is 0 Å². The molecule has 3 N–H and O–H groups in total. The third kappa shape index (κ3) is 3.32. The van der Waals surface area contributed by atoms with E-state index < -0.39 is 27.4 Å². The minimum atomic E-state index is -3.85. The first kappa shape index (κ1) is 20.6. The molecule has 0 aliphatic carbocycles. The Hall–Kier alpha value is -1.48. The number of fused-ring (bicyclic) bond motifs is 1. The number of rotatable bonds is 6. The fourth-order valence-electron chi connectivity index (χ4n) is 2.58. The van der Waals surface area contributed by atoms with Crippen LogP contribution in [0.25, 0.3) is 0 Å². The molecule has 1 aromatic carbocycles. The maximum absolute atomic E-state index is 12.6. The lowest BCUT2D eigenvalue weighted by Crippen LogP contribution is -2.52. The fraction of sp³-hybridized carbons (Fsp3) is 0.467. The van der Waals surface area contributed by atoms with Crippen LogP contribution in [0.2, 0.25) is 0 Å². The van der Waals surface area contributed by atoms with Gasteiger partial charge in [-0.2, -0.15) is 0 Å². The maximum Gasteiger partial charge on any atom is 0.261 e. The molecule has 7 nitrogen and oxygen atoms in total. The molecule has 0 atom stereocenters. The van der Waals surface area contributed by atoms with Gasteiger partial charge in [-0.3, -0.25) is 14.5 Å². The average molecular weight is 376 g/mol. The zero-order valence-electron chi connectivity index (χ0n) is 13.8. The highest BCUT2D eigenvalue weighted by Crippen LogP contribution is 2.26. The number of hydrogen-bond donors (Lipinski definition) is 2. The summed E-state index contributed by atoms with van der Waals surface area (Å²) in [5.41, 5.74) is 5.32. The summed E-state index contributed by atoms with van der Waals surface area (Å²) in [7, 11) is -2.48. The predicted octanol–water partition coefficient (Wildman–Crippen LogP) is 1.13. The lowest BCUT2D eigenvalue weighted by molar-refractivity contribution is 0.0693. The van der Waals surface area contributed by atoms with Gasteiger partial charge in [0.2, 0.25) is 10.0 Å². The quantitative estimate of drug-likeness (QED) is 0.724. The van der Waals surface area contributed by atoms with Crippen molar-refractivity contribution in [3.63, 3.8) is 0 Å². The number of benzene rings is 1. The van der Waals surface area contributed by atoms with E-state index in [0.29, 0.717) is 12.8 Å². The van der Waals surface area contributed by atoms with E-state index in [9.17, 15) is 18.0 Å². The molecule has 0 fully saturated rings. The molecule has 134 valence electrons. The first-order valence-electron chi connectivity index (χ1n) is 7.42. The van der Waals surface area contributed by atoms with Crippen molar-refractivity contribution in [1.82, 2.24) is 9.62 Å². The topological polar surface area (TPSA) is 110 Å². The van der Waals surface area contributed by atoms with E-state index in [0.717, 1.165) is 4.90 Å². The highest BCUT2D eigenvalue weighted by molar-refractivity contribution is 7.89. The van der Waals surface area contributed by atoms with Crippen molar-refractivity contribution in [3.8, 4) is 0 Å². The van der Waals surface area contributed by atoms with E-state index >= 15 is 0 Å². The second-order valence-electron chi connectivity index (χ2n) is 5.67. The number of halogens is 1. The molecule has 24 heavy (non-hydrogen) atoms. The molecule has 1 aliphatic rings. The van der Waals surface area contributed by atoms with Crippen LogP contribution in [0.4, 0.5) is 0 Å². The molecular weight excluding hydrogens is 354 g/mol. The van der Waals surface area contributed by atoms with Crippen LogP contribution < -0.4 is 10.5 Å². The van der Waals surface area contributed by atoms with E-state index in [4.69, 9.17) is 5.73 Å². The van der Waals surface area contributed by atoms with Gasteiger partial charge in [0.05, 0.1) is 16.0 Å². The smallest absolute Gasteiger partial charge is 0.261 e. The van der Waals surface area contributed by atoms with Gasteiger partial charge in [-0.1, -0.05) is 13.8 Å². The number of hydrogen-bond acceptors (Lipinski definition) is 5. The Morgan fingerprint density at radius 3 is 2.17 bits per heavy atom. The molecule has 0 spiro atoms. The largest absolute Gasteiger partial charge is 0.329 e. The van der Waals surface area contributed by atoms with E-state index in [1.807, 2.05) is 13.8 Å². The Bertz CT molecular complexity index is 752. The zero-order valence-corrected chi connectivity index (χ0v) is 15.5. The molecule has 2 rings (SSSR count). The average Bonchev–Trinajstić information content (AvgIpc) is 2.77. The van der Waals surface area contributed by atoms with Crippen LogP contribution in [-0.2, 0) is 10.0 Å². The van der Waals surface area contributed by atoms with Gasteiger partial charge in [0, 0.05) is 19.1 Å². The summed E-state index contributed by atoms with van der Waals surface area (Å²) in [6.07, 6.45) is 1.09. The third-order valence-corrected chi connectivity index (χ3v) is 6.04. The lowest BCUT2D eigenvalue weighted by atomic mass is 9.95. The molecule has 1 heterocycles. The number of carbonyl (C=O) groups excluding carboxylic acids is 2. The molecule has 1 aliphatic heterocycles. The Kier molecular flexibility index (Phi) is 6.15. The molecule has 0 bridgehead atoms. The molecule has 0 aromatic heterocycles. The molecule has 0 saturated heterocycles. The van der Waals surface area contributed by atoms with Gasteiger partial charge < -0.3 is 5.73 Å². The van der Waals surface area contributed by atoms with Crippen molar-refractivity contribution in [2.75, 3.05) is 13.6 Å². The second-order valence-corrected chi connectivity index (χ2v) is 7.36. The minimum absolute atomic E-state index is 0. The monoisotopic (exact) mass is 375 g/mol. The summed E-state index contributed by atoms with van der Waals surface area (Å²) >= 11 is 0. The standard InChI is InChI=1S/C15H21N3O4S.ClH/c1-4-15(5-2,9-16)17-23(21,22)10-6-7-11-12(8-10)14(20)18(3)13(11)19;/h6-8,17H,4-5,9,16H2,1-3H3;1H. The molecule has 0 saturated carbocycles. The third-order valence-electron chi connectivity index (χ3n) is 4.47. The summed E-state index contributed by atoms with van der Waals surface area (Å²) < 4.78 is 27.9.